The highest BCUT2D eigenvalue weighted by Crippen LogP contribution is 2.44. The number of hydrogen-bond donors (Lipinski definition) is 0. The van der Waals surface area contributed by atoms with E-state index in [1.807, 2.05) is 0 Å². The lowest BCUT2D eigenvalue weighted by atomic mass is 9.94. The number of rotatable bonds is 15. The van der Waals surface area contributed by atoms with Gasteiger partial charge in [-0.3, -0.25) is 0 Å². The van der Waals surface area contributed by atoms with Gasteiger partial charge in [0.1, 0.15) is 0 Å². The molecule has 1 aliphatic rings. The molecule has 2 nitrogen and oxygen atoms in total. The normalized spacial score (nSPS) is 13.0. The summed E-state index contributed by atoms with van der Waals surface area (Å²) in [5, 5.41) is 18.5. The van der Waals surface area contributed by atoms with Crippen molar-refractivity contribution in [3.8, 4) is 16.8 Å². The third-order valence-electron chi connectivity index (χ3n) is 17.6. The van der Waals surface area contributed by atoms with Crippen LogP contribution in [0.15, 0.2) is 243 Å². The van der Waals surface area contributed by atoms with Crippen molar-refractivity contribution in [3.63, 3.8) is 0 Å². The Kier molecular flexibility index (Phi) is 12.8. The van der Waals surface area contributed by atoms with Crippen LogP contribution in [0.4, 0.5) is 17.1 Å². The number of nitrogens with zero attached hydrogens (tertiary/aromatic N) is 2. The highest BCUT2D eigenvalue weighted by atomic mass is 28.3. The van der Waals surface area contributed by atoms with Gasteiger partial charge in [-0.05, 0) is 149 Å². The topological polar surface area (TPSA) is 8.17 Å². The number of unbranched alkanes of at least 4 members (excludes halogenated alkanes) is 6. The third-order valence-corrected chi connectivity index (χ3v) is 22.4. The standard InChI is InChI=1S/C76H66N2Si/c1-3-5-7-10-22-53-34-42-60(43-35-53)79(61-44-36-54(37-45-61)23-11-8-6-4-2)74-49-40-55-24-14-15-27-62(55)76(74)78(58-25-12-9-13-26-58)72-48-39-57(51-75(72)79)56-38-46-69-68-32-20-21-33-71(68)77(73(69)50-56)59-41-47-67-65-30-17-16-28-63(65)64-29-18-19-31-66(64)70(67)52-59/h9,12-21,24-52H,3-8,10-11,22-23H2,1-2H3. The maximum Gasteiger partial charge on any atom is 0.184 e. The Bertz CT molecular complexity index is 4310. The Balaban J connectivity index is 1.01. The van der Waals surface area contributed by atoms with Crippen LogP contribution in [0.3, 0.4) is 0 Å². The lowest BCUT2D eigenvalue weighted by Crippen LogP contribution is -2.77. The molecule has 384 valence electrons. The molecular formula is C76H66N2Si. The Labute approximate surface area is 466 Å². The first-order valence-electron chi connectivity index (χ1n) is 29.2. The van der Waals surface area contributed by atoms with E-state index >= 15 is 0 Å². The van der Waals surface area contributed by atoms with E-state index < -0.39 is 8.07 Å². The zero-order valence-electron chi connectivity index (χ0n) is 45.6. The predicted octanol–water partition coefficient (Wildman–Crippen LogP) is 18.5. The SMILES string of the molecule is CCCCCCc1ccc([Si]2(c3ccc(CCCCCC)cc3)c3cc(-c4ccc5c6ccccc6n(-c6ccc7c8ccccc8c8ccccc8c7c6)c5c4)ccc3N(c3ccccc3)c3c2ccc2ccccc32)cc1. The minimum Gasteiger partial charge on any atom is -0.310 e. The van der Waals surface area contributed by atoms with E-state index in [4.69, 9.17) is 0 Å². The van der Waals surface area contributed by atoms with Crippen LogP contribution in [0.1, 0.15) is 76.3 Å². The summed E-state index contributed by atoms with van der Waals surface area (Å²) < 4.78 is 2.52. The molecule has 2 heterocycles. The molecule has 0 amide bonds. The lowest BCUT2D eigenvalue weighted by Gasteiger charge is -2.46. The molecule has 3 heteroatoms. The summed E-state index contributed by atoms with van der Waals surface area (Å²) in [5.74, 6) is 0. The van der Waals surface area contributed by atoms with E-state index in [1.54, 1.807) is 0 Å². The van der Waals surface area contributed by atoms with Crippen LogP contribution in [0, 0.1) is 0 Å². The van der Waals surface area contributed by atoms with Crippen LogP contribution in [-0.2, 0) is 12.8 Å². The largest absolute Gasteiger partial charge is 0.310 e. The summed E-state index contributed by atoms with van der Waals surface area (Å²) in [6.45, 7) is 4.61. The molecule has 0 atom stereocenters. The van der Waals surface area contributed by atoms with Crippen molar-refractivity contribution >= 4 is 111 Å². The highest BCUT2D eigenvalue weighted by Gasteiger charge is 2.49. The first-order chi connectivity index (χ1) is 39.1. The number of aryl methyl sites for hydroxylation is 2. The van der Waals surface area contributed by atoms with Gasteiger partial charge in [0.15, 0.2) is 8.07 Å². The van der Waals surface area contributed by atoms with Crippen molar-refractivity contribution in [2.75, 3.05) is 4.90 Å². The molecule has 0 fully saturated rings. The molecular weight excluding hydrogens is 969 g/mol. The van der Waals surface area contributed by atoms with Crippen LogP contribution in [0.5, 0.6) is 0 Å². The van der Waals surface area contributed by atoms with E-state index in [9.17, 15) is 0 Å². The summed E-state index contributed by atoms with van der Waals surface area (Å²) in [4.78, 5) is 2.60. The van der Waals surface area contributed by atoms with Gasteiger partial charge in [0.2, 0.25) is 0 Å². The summed E-state index contributed by atoms with van der Waals surface area (Å²) >= 11 is 0. The number of hydrogen-bond acceptors (Lipinski definition) is 1. The van der Waals surface area contributed by atoms with E-state index in [0.29, 0.717) is 0 Å². The fraction of sp³-hybridized carbons (Fsp3) is 0.158. The third kappa shape index (κ3) is 8.28. The van der Waals surface area contributed by atoms with Gasteiger partial charge in [-0.25, -0.2) is 0 Å². The van der Waals surface area contributed by atoms with Crippen molar-refractivity contribution in [2.24, 2.45) is 0 Å². The fourth-order valence-corrected chi connectivity index (χ4v) is 18.8. The molecule has 0 unspecified atom stereocenters. The van der Waals surface area contributed by atoms with Gasteiger partial charge in [-0.2, -0.15) is 0 Å². The van der Waals surface area contributed by atoms with Crippen LogP contribution >= 0.6 is 0 Å². The molecule has 12 aromatic carbocycles. The Morgan fingerprint density at radius 1 is 0.329 bits per heavy atom. The average Bonchev–Trinajstić information content (AvgIpc) is 3.91. The molecule has 1 aromatic heterocycles. The van der Waals surface area contributed by atoms with Gasteiger partial charge in [0.25, 0.3) is 0 Å². The number of para-hydroxylation sites is 2. The molecule has 1 aliphatic heterocycles. The second-order valence-corrected chi connectivity index (χ2v) is 26.0. The Morgan fingerprint density at radius 2 is 0.848 bits per heavy atom. The molecule has 0 spiro atoms. The number of fused-ring (bicyclic) bond motifs is 13. The van der Waals surface area contributed by atoms with Crippen LogP contribution in [-0.4, -0.2) is 12.6 Å². The average molecular weight is 1040 g/mol. The second-order valence-electron chi connectivity index (χ2n) is 22.3. The number of anilines is 3. The van der Waals surface area contributed by atoms with Crippen molar-refractivity contribution in [3.05, 3.63) is 254 Å². The van der Waals surface area contributed by atoms with E-state index in [1.165, 1.54) is 176 Å². The minimum atomic E-state index is -3.13. The first-order valence-corrected chi connectivity index (χ1v) is 31.2. The Morgan fingerprint density at radius 3 is 1.49 bits per heavy atom. The fourth-order valence-electron chi connectivity index (χ4n) is 13.7. The first kappa shape index (κ1) is 48.8. The molecule has 0 bridgehead atoms. The van der Waals surface area contributed by atoms with Crippen molar-refractivity contribution < 1.29 is 0 Å². The van der Waals surface area contributed by atoms with Crippen LogP contribution in [0.2, 0.25) is 0 Å². The summed E-state index contributed by atoms with van der Waals surface area (Å²) in [7, 11) is -3.13. The summed E-state index contributed by atoms with van der Waals surface area (Å²) in [5.41, 5.74) is 12.6. The van der Waals surface area contributed by atoms with Crippen LogP contribution < -0.4 is 25.6 Å². The van der Waals surface area contributed by atoms with Gasteiger partial charge in [-0.15, -0.1) is 0 Å². The summed E-state index contributed by atoms with van der Waals surface area (Å²) in [6.07, 6.45) is 12.3. The minimum absolute atomic E-state index is 1.11. The lowest BCUT2D eigenvalue weighted by molar-refractivity contribution is 0.667. The smallest absolute Gasteiger partial charge is 0.184 e. The van der Waals surface area contributed by atoms with Gasteiger partial charge < -0.3 is 9.47 Å². The molecule has 13 aromatic rings. The van der Waals surface area contributed by atoms with E-state index in [-0.39, 0.29) is 0 Å². The zero-order chi connectivity index (χ0) is 52.9. The molecule has 14 rings (SSSR count). The Hall–Kier alpha value is -8.50. The van der Waals surface area contributed by atoms with Gasteiger partial charge in [0.05, 0.1) is 16.7 Å². The molecule has 0 aliphatic carbocycles. The molecule has 0 saturated carbocycles. The van der Waals surface area contributed by atoms with E-state index in [2.05, 4.69) is 266 Å². The van der Waals surface area contributed by atoms with Crippen molar-refractivity contribution in [1.29, 1.82) is 0 Å². The maximum atomic E-state index is 2.62. The number of benzene rings is 12. The monoisotopic (exact) mass is 1030 g/mol. The molecule has 0 saturated heterocycles. The second kappa shape index (κ2) is 20.7. The maximum absolute atomic E-state index is 3.13. The zero-order valence-corrected chi connectivity index (χ0v) is 46.6. The van der Waals surface area contributed by atoms with E-state index in [0.717, 1.165) is 18.5 Å². The van der Waals surface area contributed by atoms with Crippen LogP contribution in [0.25, 0.3) is 81.7 Å². The van der Waals surface area contributed by atoms with Gasteiger partial charge in [-0.1, -0.05) is 253 Å². The van der Waals surface area contributed by atoms with Gasteiger partial charge in [0, 0.05) is 33.2 Å². The summed E-state index contributed by atoms with van der Waals surface area (Å²) in [6, 6.07) is 93.8. The quantitative estimate of drug-likeness (QED) is 0.0564. The highest BCUT2D eigenvalue weighted by molar-refractivity contribution is 7.21. The number of aromatic nitrogens is 1. The molecule has 0 radical (unpaired) electrons. The van der Waals surface area contributed by atoms with Crippen molar-refractivity contribution in [2.45, 2.75) is 78.1 Å². The molecule has 79 heavy (non-hydrogen) atoms. The molecule has 0 N–H and O–H groups in total. The predicted molar refractivity (Wildman–Crippen MR) is 344 cm³/mol. The van der Waals surface area contributed by atoms with Gasteiger partial charge >= 0.3 is 0 Å². The van der Waals surface area contributed by atoms with Crippen molar-refractivity contribution in [1.82, 2.24) is 4.57 Å².